The fourth-order valence-electron chi connectivity index (χ4n) is 2.62. The van der Waals surface area contributed by atoms with Crippen molar-refractivity contribution in [2.45, 2.75) is 19.4 Å². The van der Waals surface area contributed by atoms with Crippen molar-refractivity contribution in [1.29, 1.82) is 0 Å². The van der Waals surface area contributed by atoms with Gasteiger partial charge in [-0.05, 0) is 36.8 Å². The maximum Gasteiger partial charge on any atom is 0.272 e. The zero-order valence-electron chi connectivity index (χ0n) is 13.6. The Morgan fingerprint density at radius 1 is 1.24 bits per heavy atom. The Balaban J connectivity index is 1.85. The molecule has 1 aliphatic heterocycles. The van der Waals surface area contributed by atoms with Crippen molar-refractivity contribution in [2.75, 3.05) is 10.3 Å². The molecule has 128 valence electrons. The second-order valence-corrected chi connectivity index (χ2v) is 5.79. The van der Waals surface area contributed by atoms with E-state index in [-0.39, 0.29) is 17.8 Å². The van der Waals surface area contributed by atoms with Crippen LogP contribution in [0, 0.1) is 12.7 Å². The Morgan fingerprint density at radius 2 is 1.96 bits per heavy atom. The third-order valence-corrected chi connectivity index (χ3v) is 3.89. The number of para-hydroxylation sites is 1. The van der Waals surface area contributed by atoms with Crippen LogP contribution in [-0.4, -0.2) is 23.6 Å². The highest BCUT2D eigenvalue weighted by Gasteiger charge is 2.35. The van der Waals surface area contributed by atoms with Crippen molar-refractivity contribution in [3.05, 3.63) is 59.9 Å². The number of halogens is 1. The predicted octanol–water partition coefficient (Wildman–Crippen LogP) is 2.19. The average molecular weight is 340 g/mol. The Morgan fingerprint density at radius 3 is 2.64 bits per heavy atom. The molecule has 1 aliphatic rings. The van der Waals surface area contributed by atoms with Crippen LogP contribution in [0.15, 0.2) is 53.6 Å². The minimum atomic E-state index is -0.759. The normalized spacial score (nSPS) is 16.5. The molecule has 3 N–H and O–H groups in total. The molecular weight excluding hydrogens is 323 g/mol. The summed E-state index contributed by atoms with van der Waals surface area (Å²) in [6.45, 7) is 1.79. The first-order chi connectivity index (χ1) is 12.0. The van der Waals surface area contributed by atoms with E-state index in [2.05, 4.69) is 10.4 Å². The number of amides is 2. The van der Waals surface area contributed by atoms with E-state index in [0.29, 0.717) is 5.69 Å². The van der Waals surface area contributed by atoms with Crippen LogP contribution in [0.2, 0.25) is 0 Å². The molecule has 1 atom stereocenters. The van der Waals surface area contributed by atoms with Crippen LogP contribution in [0.3, 0.4) is 0 Å². The van der Waals surface area contributed by atoms with Crippen molar-refractivity contribution in [2.24, 2.45) is 10.8 Å². The molecule has 6 nitrogen and oxygen atoms in total. The molecular formula is C18H17FN4O2. The molecule has 1 unspecified atom stereocenters. The smallest absolute Gasteiger partial charge is 0.272 e. The number of hydrazone groups is 1. The highest BCUT2D eigenvalue weighted by atomic mass is 19.1. The van der Waals surface area contributed by atoms with Crippen molar-refractivity contribution >= 4 is 28.9 Å². The van der Waals surface area contributed by atoms with Crippen LogP contribution >= 0.6 is 0 Å². The van der Waals surface area contributed by atoms with Crippen LogP contribution in [0.25, 0.3) is 0 Å². The molecule has 25 heavy (non-hydrogen) atoms. The highest BCUT2D eigenvalue weighted by molar-refractivity contribution is 6.44. The van der Waals surface area contributed by atoms with Crippen molar-refractivity contribution in [3.8, 4) is 0 Å². The Bertz CT molecular complexity index is 851. The third kappa shape index (κ3) is 3.50. The Labute approximate surface area is 144 Å². The number of nitrogens with two attached hydrogens (primary N) is 1. The first kappa shape index (κ1) is 16.6. The van der Waals surface area contributed by atoms with E-state index < -0.39 is 23.7 Å². The van der Waals surface area contributed by atoms with Crippen molar-refractivity contribution in [3.63, 3.8) is 0 Å². The summed E-state index contributed by atoms with van der Waals surface area (Å²) in [6.07, 6.45) is 0.0590. The molecule has 0 saturated carbocycles. The number of anilines is 2. The number of nitrogens with zero attached hydrogens (tertiary/aromatic N) is 2. The number of carbonyl (C=O) groups is 2. The van der Waals surface area contributed by atoms with E-state index in [1.54, 1.807) is 37.3 Å². The lowest BCUT2D eigenvalue weighted by atomic mass is 10.1. The second kappa shape index (κ2) is 6.72. The van der Waals surface area contributed by atoms with E-state index in [9.17, 15) is 14.0 Å². The maximum atomic E-state index is 13.8. The summed E-state index contributed by atoms with van der Waals surface area (Å²) in [5.41, 5.74) is 7.09. The summed E-state index contributed by atoms with van der Waals surface area (Å²) in [7, 11) is 0. The number of aryl methyl sites for hydroxylation is 1. The minimum Gasteiger partial charge on any atom is -0.368 e. The van der Waals surface area contributed by atoms with Crippen molar-refractivity contribution < 1.29 is 14.0 Å². The van der Waals surface area contributed by atoms with Gasteiger partial charge in [-0.15, -0.1) is 0 Å². The first-order valence-corrected chi connectivity index (χ1v) is 7.74. The van der Waals surface area contributed by atoms with Gasteiger partial charge < -0.3 is 11.1 Å². The molecule has 2 aromatic carbocycles. The van der Waals surface area contributed by atoms with E-state index >= 15 is 0 Å². The van der Waals surface area contributed by atoms with Gasteiger partial charge in [0.05, 0.1) is 11.4 Å². The van der Waals surface area contributed by atoms with Gasteiger partial charge in [-0.25, -0.2) is 4.39 Å². The number of primary amides is 1. The topological polar surface area (TPSA) is 87.8 Å². The molecule has 7 heteroatoms. The molecule has 0 radical (unpaired) electrons. The summed E-state index contributed by atoms with van der Waals surface area (Å²) >= 11 is 0. The van der Waals surface area contributed by atoms with Gasteiger partial charge in [-0.2, -0.15) is 5.10 Å². The van der Waals surface area contributed by atoms with Crippen LogP contribution in [0.5, 0.6) is 0 Å². The van der Waals surface area contributed by atoms with E-state index in [1.165, 1.54) is 17.1 Å². The summed E-state index contributed by atoms with van der Waals surface area (Å²) in [5, 5.41) is 8.15. The molecule has 0 aromatic heterocycles. The minimum absolute atomic E-state index is 0.0590. The summed E-state index contributed by atoms with van der Waals surface area (Å²) < 4.78 is 13.8. The second-order valence-electron chi connectivity index (χ2n) is 5.79. The van der Waals surface area contributed by atoms with Gasteiger partial charge in [0, 0.05) is 6.42 Å². The Hall–Kier alpha value is -3.22. The molecule has 0 spiro atoms. The van der Waals surface area contributed by atoms with Crippen molar-refractivity contribution in [1.82, 2.24) is 0 Å². The quantitative estimate of drug-likeness (QED) is 0.894. The van der Waals surface area contributed by atoms with E-state index in [4.69, 9.17) is 5.73 Å². The van der Waals surface area contributed by atoms with Gasteiger partial charge in [0.15, 0.2) is 0 Å². The monoisotopic (exact) mass is 340 g/mol. The maximum absolute atomic E-state index is 13.8. The van der Waals surface area contributed by atoms with Gasteiger partial charge in [-0.3, -0.25) is 14.6 Å². The van der Waals surface area contributed by atoms with Gasteiger partial charge in [0.2, 0.25) is 5.91 Å². The largest absolute Gasteiger partial charge is 0.368 e. The van der Waals surface area contributed by atoms with E-state index in [0.717, 1.165) is 5.56 Å². The fourth-order valence-corrected chi connectivity index (χ4v) is 2.62. The fraction of sp³-hybridized carbons (Fsp3) is 0.167. The number of nitrogens with one attached hydrogen (secondary N) is 1. The zero-order chi connectivity index (χ0) is 18.0. The standard InChI is InChI=1S/C18H17FN4O2/c1-11-7-8-13(19)14(9-11)21-18(25)15-10-16(17(20)24)23(22-15)12-5-3-2-4-6-12/h2-9,16H,10H2,1H3,(H2,20,24)(H,21,25). The van der Waals surface area contributed by atoms with Crippen LogP contribution in [-0.2, 0) is 9.59 Å². The zero-order valence-corrected chi connectivity index (χ0v) is 13.6. The average Bonchev–Trinajstić information content (AvgIpc) is 3.05. The SMILES string of the molecule is Cc1ccc(F)c(NC(=O)C2=NN(c3ccccc3)C(C(N)=O)C2)c1. The number of carbonyl (C=O) groups excluding carboxylic acids is 2. The van der Waals surface area contributed by atoms with Crippen LogP contribution in [0.1, 0.15) is 12.0 Å². The van der Waals surface area contributed by atoms with E-state index in [1.807, 2.05) is 6.07 Å². The summed E-state index contributed by atoms with van der Waals surface area (Å²) in [5.74, 6) is -1.68. The molecule has 2 amide bonds. The molecule has 2 aromatic rings. The van der Waals surface area contributed by atoms with Crippen LogP contribution in [0.4, 0.5) is 15.8 Å². The summed E-state index contributed by atoms with van der Waals surface area (Å²) in [6, 6.07) is 12.6. The molecule has 0 saturated heterocycles. The highest BCUT2D eigenvalue weighted by Crippen LogP contribution is 2.25. The third-order valence-electron chi connectivity index (χ3n) is 3.89. The molecule has 0 fully saturated rings. The first-order valence-electron chi connectivity index (χ1n) is 7.74. The van der Waals surface area contributed by atoms with Gasteiger partial charge in [-0.1, -0.05) is 24.3 Å². The number of benzene rings is 2. The van der Waals surface area contributed by atoms with Gasteiger partial charge in [0.1, 0.15) is 17.6 Å². The molecule has 0 aliphatic carbocycles. The Kier molecular flexibility index (Phi) is 4.47. The lowest BCUT2D eigenvalue weighted by molar-refractivity contribution is -0.119. The van der Waals surface area contributed by atoms with Gasteiger partial charge in [0.25, 0.3) is 5.91 Å². The molecule has 1 heterocycles. The number of rotatable bonds is 4. The summed E-state index contributed by atoms with van der Waals surface area (Å²) in [4.78, 5) is 24.2. The molecule has 3 rings (SSSR count). The van der Waals surface area contributed by atoms with Crippen LogP contribution < -0.4 is 16.1 Å². The van der Waals surface area contributed by atoms with Gasteiger partial charge >= 0.3 is 0 Å². The lowest BCUT2D eigenvalue weighted by Crippen LogP contribution is -2.39. The predicted molar refractivity (Wildman–Crippen MR) is 93.7 cm³/mol. The number of hydrogen-bond acceptors (Lipinski definition) is 4. The lowest BCUT2D eigenvalue weighted by Gasteiger charge is -2.20. The molecule has 0 bridgehead atoms. The number of hydrogen-bond donors (Lipinski definition) is 2.